The minimum Gasteiger partial charge on any atom is -0.494 e. The van der Waals surface area contributed by atoms with Crippen LogP contribution in [0.5, 0.6) is 5.75 Å². The van der Waals surface area contributed by atoms with Crippen LogP contribution < -0.4 is 10.1 Å². The molecule has 2 aromatic rings. The van der Waals surface area contributed by atoms with Gasteiger partial charge in [-0.25, -0.2) is 8.78 Å². The number of hydrogen-bond donors (Lipinski definition) is 1. The van der Waals surface area contributed by atoms with Crippen molar-refractivity contribution in [3.8, 4) is 5.75 Å². The van der Waals surface area contributed by atoms with Crippen molar-refractivity contribution in [2.24, 2.45) is 0 Å². The molecule has 0 saturated heterocycles. The van der Waals surface area contributed by atoms with Gasteiger partial charge in [-0.2, -0.15) is 0 Å². The van der Waals surface area contributed by atoms with E-state index in [4.69, 9.17) is 16.3 Å². The zero-order valence-corrected chi connectivity index (χ0v) is 11.7. The van der Waals surface area contributed by atoms with E-state index in [2.05, 4.69) is 5.32 Å². The molecule has 2 aromatic carbocycles. The van der Waals surface area contributed by atoms with Crippen molar-refractivity contribution in [3.05, 3.63) is 58.6 Å². The van der Waals surface area contributed by atoms with E-state index in [-0.39, 0.29) is 10.7 Å². The Morgan fingerprint density at radius 2 is 1.95 bits per heavy atom. The molecule has 0 spiro atoms. The van der Waals surface area contributed by atoms with Gasteiger partial charge in [0.05, 0.1) is 17.3 Å². The second-order valence-corrected chi connectivity index (χ2v) is 4.55. The first-order chi connectivity index (χ1) is 9.61. The summed E-state index contributed by atoms with van der Waals surface area (Å²) in [5.74, 6) is -0.696. The number of nitrogens with one attached hydrogen (secondary N) is 1. The van der Waals surface area contributed by atoms with Crippen molar-refractivity contribution >= 4 is 17.3 Å². The van der Waals surface area contributed by atoms with E-state index in [0.29, 0.717) is 13.2 Å². The summed E-state index contributed by atoms with van der Waals surface area (Å²) in [6.07, 6.45) is 0. The molecule has 5 heteroatoms. The first-order valence-corrected chi connectivity index (χ1v) is 6.58. The van der Waals surface area contributed by atoms with E-state index in [1.54, 1.807) is 0 Å². The van der Waals surface area contributed by atoms with Gasteiger partial charge >= 0.3 is 0 Å². The van der Waals surface area contributed by atoms with Crippen molar-refractivity contribution in [1.29, 1.82) is 0 Å². The molecule has 0 amide bonds. The number of benzene rings is 2. The molecule has 0 saturated carbocycles. The van der Waals surface area contributed by atoms with Gasteiger partial charge in [0.25, 0.3) is 0 Å². The Balaban J connectivity index is 2.17. The van der Waals surface area contributed by atoms with Crippen LogP contribution in [-0.4, -0.2) is 6.61 Å². The van der Waals surface area contributed by atoms with Crippen molar-refractivity contribution < 1.29 is 13.5 Å². The zero-order chi connectivity index (χ0) is 14.5. The maximum Gasteiger partial charge on any atom is 0.150 e. The van der Waals surface area contributed by atoms with E-state index in [0.717, 1.165) is 23.4 Å². The first kappa shape index (κ1) is 14.6. The summed E-state index contributed by atoms with van der Waals surface area (Å²) in [7, 11) is 0. The Bertz CT molecular complexity index is 581. The van der Waals surface area contributed by atoms with Gasteiger partial charge in [0.1, 0.15) is 11.6 Å². The molecule has 2 rings (SSSR count). The summed E-state index contributed by atoms with van der Waals surface area (Å²) < 4.78 is 32.1. The van der Waals surface area contributed by atoms with Crippen LogP contribution in [0.4, 0.5) is 14.5 Å². The van der Waals surface area contributed by atoms with Crippen LogP contribution >= 0.6 is 11.6 Å². The summed E-state index contributed by atoms with van der Waals surface area (Å²) in [6, 6.07) is 9.29. The normalized spacial score (nSPS) is 10.4. The van der Waals surface area contributed by atoms with E-state index in [9.17, 15) is 8.78 Å². The van der Waals surface area contributed by atoms with Gasteiger partial charge in [0.2, 0.25) is 0 Å². The lowest BCUT2D eigenvalue weighted by molar-refractivity contribution is 0.337. The highest BCUT2D eigenvalue weighted by Gasteiger charge is 2.10. The van der Waals surface area contributed by atoms with Gasteiger partial charge in [-0.05, 0) is 19.1 Å². The predicted octanol–water partition coefficient (Wildman–Crippen LogP) is 4.63. The lowest BCUT2D eigenvalue weighted by atomic mass is 10.2. The number of halogens is 3. The first-order valence-electron chi connectivity index (χ1n) is 6.21. The Morgan fingerprint density at radius 3 is 2.65 bits per heavy atom. The molecule has 1 N–H and O–H groups in total. The maximum atomic E-state index is 13.6. The molecule has 0 bridgehead atoms. The second-order valence-electron chi connectivity index (χ2n) is 4.14. The lowest BCUT2D eigenvalue weighted by Crippen LogP contribution is -2.05. The van der Waals surface area contributed by atoms with Crippen molar-refractivity contribution in [1.82, 2.24) is 0 Å². The molecule has 0 unspecified atom stereocenters. The Labute approximate surface area is 121 Å². The SMILES string of the molecule is CCOc1ccccc1CNc1c(F)cc(F)cc1Cl. The number of anilines is 1. The Morgan fingerprint density at radius 1 is 1.20 bits per heavy atom. The summed E-state index contributed by atoms with van der Waals surface area (Å²) >= 11 is 5.83. The summed E-state index contributed by atoms with van der Waals surface area (Å²) in [6.45, 7) is 2.77. The number of para-hydroxylation sites is 1. The van der Waals surface area contributed by atoms with Crippen LogP contribution in [0.15, 0.2) is 36.4 Å². The number of ether oxygens (including phenoxy) is 1. The quantitative estimate of drug-likeness (QED) is 0.869. The van der Waals surface area contributed by atoms with Crippen molar-refractivity contribution in [2.45, 2.75) is 13.5 Å². The zero-order valence-electron chi connectivity index (χ0n) is 10.9. The van der Waals surface area contributed by atoms with Crippen LogP contribution in [-0.2, 0) is 6.54 Å². The molecule has 0 aromatic heterocycles. The Kier molecular flexibility index (Phi) is 4.79. The molecule has 0 fully saturated rings. The van der Waals surface area contributed by atoms with Gasteiger partial charge in [-0.15, -0.1) is 0 Å². The fraction of sp³-hybridized carbons (Fsp3) is 0.200. The van der Waals surface area contributed by atoms with Gasteiger partial charge in [-0.3, -0.25) is 0 Å². The average molecular weight is 298 g/mol. The Hall–Kier alpha value is -1.81. The summed E-state index contributed by atoms with van der Waals surface area (Å²) in [4.78, 5) is 0. The predicted molar refractivity (Wildman–Crippen MR) is 76.3 cm³/mol. The van der Waals surface area contributed by atoms with E-state index >= 15 is 0 Å². The topological polar surface area (TPSA) is 21.3 Å². The monoisotopic (exact) mass is 297 g/mol. The summed E-state index contributed by atoms with van der Waals surface area (Å²) in [5, 5.41) is 2.88. The molecule has 0 atom stereocenters. The van der Waals surface area contributed by atoms with Crippen LogP contribution in [0.25, 0.3) is 0 Å². The number of rotatable bonds is 5. The van der Waals surface area contributed by atoms with Gasteiger partial charge in [-0.1, -0.05) is 29.8 Å². The maximum absolute atomic E-state index is 13.6. The second kappa shape index (κ2) is 6.57. The fourth-order valence-electron chi connectivity index (χ4n) is 1.84. The van der Waals surface area contributed by atoms with Crippen LogP contribution in [0.3, 0.4) is 0 Å². The molecule has 0 aliphatic heterocycles. The van der Waals surface area contributed by atoms with Crippen LogP contribution in [0, 0.1) is 11.6 Å². The molecule has 0 aliphatic carbocycles. The molecule has 2 nitrogen and oxygen atoms in total. The van der Waals surface area contributed by atoms with Crippen LogP contribution in [0.2, 0.25) is 5.02 Å². The largest absolute Gasteiger partial charge is 0.494 e. The molecule has 0 radical (unpaired) electrons. The smallest absolute Gasteiger partial charge is 0.150 e. The minimum atomic E-state index is -0.719. The molecule has 0 aliphatic rings. The van der Waals surface area contributed by atoms with Crippen LogP contribution in [0.1, 0.15) is 12.5 Å². The molecule has 20 heavy (non-hydrogen) atoms. The van der Waals surface area contributed by atoms with E-state index in [1.807, 2.05) is 31.2 Å². The van der Waals surface area contributed by atoms with Crippen molar-refractivity contribution in [2.75, 3.05) is 11.9 Å². The highest BCUT2D eigenvalue weighted by Crippen LogP contribution is 2.28. The fourth-order valence-corrected chi connectivity index (χ4v) is 2.10. The van der Waals surface area contributed by atoms with E-state index < -0.39 is 11.6 Å². The molecular formula is C15H14ClF2NO. The standard InChI is InChI=1S/C15H14ClF2NO/c1-2-20-14-6-4-3-5-10(14)9-19-15-12(16)7-11(17)8-13(15)18/h3-8,19H,2,9H2,1H3. The summed E-state index contributed by atoms with van der Waals surface area (Å²) in [5.41, 5.74) is 0.952. The lowest BCUT2D eigenvalue weighted by Gasteiger charge is -2.13. The van der Waals surface area contributed by atoms with Crippen molar-refractivity contribution in [3.63, 3.8) is 0 Å². The molecular weight excluding hydrogens is 284 g/mol. The average Bonchev–Trinajstić information content (AvgIpc) is 2.39. The highest BCUT2D eigenvalue weighted by atomic mass is 35.5. The third kappa shape index (κ3) is 3.39. The van der Waals surface area contributed by atoms with E-state index in [1.165, 1.54) is 0 Å². The van der Waals surface area contributed by atoms with Gasteiger partial charge in [0.15, 0.2) is 5.82 Å². The highest BCUT2D eigenvalue weighted by molar-refractivity contribution is 6.33. The molecule has 0 heterocycles. The third-order valence-corrected chi connectivity index (χ3v) is 3.03. The molecule has 106 valence electrons. The van der Waals surface area contributed by atoms with Gasteiger partial charge in [0, 0.05) is 18.2 Å². The van der Waals surface area contributed by atoms with Gasteiger partial charge < -0.3 is 10.1 Å². The minimum absolute atomic E-state index is 0.0105. The third-order valence-electron chi connectivity index (χ3n) is 2.73. The number of hydrogen-bond acceptors (Lipinski definition) is 2.